The first-order chi connectivity index (χ1) is 8.06. The lowest BCUT2D eigenvalue weighted by Crippen LogP contribution is -2.33. The van der Waals surface area contributed by atoms with Crippen LogP contribution < -0.4 is 0 Å². The van der Waals surface area contributed by atoms with Crippen LogP contribution in [0.5, 0.6) is 0 Å². The van der Waals surface area contributed by atoms with Crippen LogP contribution in [0.25, 0.3) is 0 Å². The summed E-state index contributed by atoms with van der Waals surface area (Å²) in [6.07, 6.45) is 1.67. The molecule has 2 amide bonds. The molecule has 2 fully saturated rings. The van der Waals surface area contributed by atoms with Crippen LogP contribution >= 0.6 is 0 Å². The summed E-state index contributed by atoms with van der Waals surface area (Å²) in [7, 11) is 0. The fourth-order valence-corrected chi connectivity index (χ4v) is 2.15. The molecule has 6 nitrogen and oxygen atoms in total. The maximum Gasteiger partial charge on any atom is 0.534 e. The molecule has 0 bridgehead atoms. The van der Waals surface area contributed by atoms with Crippen molar-refractivity contribution in [2.24, 2.45) is 5.92 Å². The van der Waals surface area contributed by atoms with Crippen molar-refractivity contribution in [2.75, 3.05) is 0 Å². The van der Waals surface area contributed by atoms with Crippen LogP contribution in [0.15, 0.2) is 0 Å². The van der Waals surface area contributed by atoms with Crippen LogP contribution in [0.1, 0.15) is 39.0 Å². The monoisotopic (exact) mass is 241 g/mol. The van der Waals surface area contributed by atoms with E-state index in [0.29, 0.717) is 11.0 Å². The number of carbonyl (C=O) groups is 3. The molecule has 94 valence electrons. The first-order valence-corrected chi connectivity index (χ1v) is 5.80. The van der Waals surface area contributed by atoms with Crippen LogP contribution in [0.2, 0.25) is 0 Å². The van der Waals surface area contributed by atoms with E-state index < -0.39 is 18.0 Å². The zero-order valence-corrected chi connectivity index (χ0v) is 9.68. The predicted octanol–water partition coefficient (Wildman–Crippen LogP) is 1.39. The molecule has 0 aromatic carbocycles. The molecule has 6 heteroatoms. The van der Waals surface area contributed by atoms with Gasteiger partial charge in [0.15, 0.2) is 0 Å². The quantitative estimate of drug-likeness (QED) is 0.539. The zero-order chi connectivity index (χ0) is 12.4. The van der Waals surface area contributed by atoms with Gasteiger partial charge in [0.1, 0.15) is 6.10 Å². The molecule has 0 radical (unpaired) electrons. The molecule has 1 heterocycles. The largest absolute Gasteiger partial charge is 0.534 e. The molecule has 0 N–H and O–H groups in total. The normalized spacial score (nSPS) is 28.6. The Labute approximate surface area is 98.8 Å². The summed E-state index contributed by atoms with van der Waals surface area (Å²) in [6.45, 7) is 2.09. The number of imide groups is 1. The second-order valence-corrected chi connectivity index (χ2v) is 4.58. The maximum absolute atomic E-state index is 11.4. The van der Waals surface area contributed by atoms with Crippen LogP contribution in [-0.4, -0.2) is 29.1 Å². The summed E-state index contributed by atoms with van der Waals surface area (Å²) < 4.78 is 5.03. The lowest BCUT2D eigenvalue weighted by molar-refractivity contribution is -0.178. The molecule has 2 atom stereocenters. The summed E-state index contributed by atoms with van der Waals surface area (Å²) in [4.78, 5) is 38.3. The van der Waals surface area contributed by atoms with Gasteiger partial charge in [-0.05, 0) is 25.2 Å². The zero-order valence-electron chi connectivity index (χ0n) is 9.68. The molecule has 1 aliphatic carbocycles. The third-order valence-corrected chi connectivity index (χ3v) is 3.08. The van der Waals surface area contributed by atoms with Gasteiger partial charge in [-0.2, -0.15) is 0 Å². The van der Waals surface area contributed by atoms with Crippen molar-refractivity contribution < 1.29 is 24.0 Å². The second-order valence-electron chi connectivity index (χ2n) is 4.58. The van der Waals surface area contributed by atoms with Gasteiger partial charge in [-0.3, -0.25) is 14.4 Å². The second kappa shape index (κ2) is 4.73. The summed E-state index contributed by atoms with van der Waals surface area (Å²) in [5, 5.41) is 0.501. The molecule has 2 rings (SSSR count). The molecule has 1 saturated heterocycles. The Kier molecular flexibility index (Phi) is 3.31. The fraction of sp³-hybridized carbons (Fsp3) is 0.727. The highest BCUT2D eigenvalue weighted by atomic mass is 16.8. The van der Waals surface area contributed by atoms with Crippen LogP contribution in [0, 0.1) is 5.92 Å². The molecule has 0 spiro atoms. The number of carbonyl (C=O) groups excluding carboxylic acids is 3. The number of hydrogen-bond acceptors (Lipinski definition) is 5. The smallest absolute Gasteiger partial charge is 0.429 e. The first kappa shape index (κ1) is 11.9. The predicted molar refractivity (Wildman–Crippen MR) is 55.5 cm³/mol. The van der Waals surface area contributed by atoms with Crippen molar-refractivity contribution in [2.45, 2.75) is 45.1 Å². The number of hydrogen-bond donors (Lipinski definition) is 0. The number of ether oxygens (including phenoxy) is 1. The maximum atomic E-state index is 11.4. The van der Waals surface area contributed by atoms with E-state index in [1.165, 1.54) is 0 Å². The average Bonchev–Trinajstić information content (AvgIpc) is 2.79. The van der Waals surface area contributed by atoms with Crippen LogP contribution in [-0.2, 0) is 19.2 Å². The Morgan fingerprint density at radius 2 is 1.88 bits per heavy atom. The van der Waals surface area contributed by atoms with Crippen molar-refractivity contribution >= 4 is 18.0 Å². The molecule has 0 aromatic heterocycles. The van der Waals surface area contributed by atoms with Crippen molar-refractivity contribution in [3.05, 3.63) is 0 Å². The van der Waals surface area contributed by atoms with E-state index >= 15 is 0 Å². The van der Waals surface area contributed by atoms with Gasteiger partial charge >= 0.3 is 6.16 Å². The number of hydroxylamine groups is 2. The Hall–Kier alpha value is -1.59. The summed E-state index contributed by atoms with van der Waals surface area (Å²) in [5.74, 6) is -0.457. The van der Waals surface area contributed by atoms with Gasteiger partial charge in [0.25, 0.3) is 11.8 Å². The van der Waals surface area contributed by atoms with Crippen molar-refractivity contribution in [3.63, 3.8) is 0 Å². The van der Waals surface area contributed by atoms with E-state index in [0.717, 1.165) is 19.3 Å². The minimum atomic E-state index is -0.965. The fourth-order valence-electron chi connectivity index (χ4n) is 2.15. The van der Waals surface area contributed by atoms with Gasteiger partial charge in [-0.25, -0.2) is 4.79 Å². The molecule has 1 saturated carbocycles. The van der Waals surface area contributed by atoms with Crippen molar-refractivity contribution in [3.8, 4) is 0 Å². The molecular formula is C11H15NO5. The van der Waals surface area contributed by atoms with Gasteiger partial charge in [-0.15, -0.1) is 0 Å². The Bertz CT molecular complexity index is 338. The standard InChI is InChI=1S/C11H15NO5/c1-7-2-3-8(6-7)16-11(15)17-12-9(13)4-5-10(12)14/h7-8H,2-6H2,1H3/t7-,8-/m1/s1. The molecular weight excluding hydrogens is 226 g/mol. The minimum absolute atomic E-state index is 0.0899. The van der Waals surface area contributed by atoms with E-state index in [1.807, 2.05) is 0 Å². The van der Waals surface area contributed by atoms with E-state index in [9.17, 15) is 14.4 Å². The average molecular weight is 241 g/mol. The molecule has 0 unspecified atom stereocenters. The minimum Gasteiger partial charge on any atom is -0.429 e. The van der Waals surface area contributed by atoms with E-state index in [-0.39, 0.29) is 18.9 Å². The van der Waals surface area contributed by atoms with E-state index in [4.69, 9.17) is 4.74 Å². The highest BCUT2D eigenvalue weighted by Gasteiger charge is 2.34. The summed E-state index contributed by atoms with van der Waals surface area (Å²) in [5.41, 5.74) is 0. The highest BCUT2D eigenvalue weighted by Crippen LogP contribution is 2.27. The number of nitrogens with zero attached hydrogens (tertiary/aromatic N) is 1. The lowest BCUT2D eigenvalue weighted by atomic mass is 10.1. The van der Waals surface area contributed by atoms with Gasteiger partial charge in [0, 0.05) is 12.8 Å². The van der Waals surface area contributed by atoms with Gasteiger partial charge in [0.05, 0.1) is 0 Å². The van der Waals surface area contributed by atoms with Gasteiger partial charge < -0.3 is 4.74 Å². The van der Waals surface area contributed by atoms with E-state index in [1.54, 1.807) is 0 Å². The van der Waals surface area contributed by atoms with Crippen molar-refractivity contribution in [1.29, 1.82) is 0 Å². The topological polar surface area (TPSA) is 72.9 Å². The third-order valence-electron chi connectivity index (χ3n) is 3.08. The van der Waals surface area contributed by atoms with Crippen LogP contribution in [0.4, 0.5) is 4.79 Å². The molecule has 2 aliphatic rings. The molecule has 1 aliphatic heterocycles. The molecule has 0 aromatic rings. The third kappa shape index (κ3) is 2.75. The number of rotatable bonds is 2. The Morgan fingerprint density at radius 3 is 2.41 bits per heavy atom. The summed E-state index contributed by atoms with van der Waals surface area (Å²) in [6, 6.07) is 0. The summed E-state index contributed by atoms with van der Waals surface area (Å²) >= 11 is 0. The lowest BCUT2D eigenvalue weighted by Gasteiger charge is -2.15. The highest BCUT2D eigenvalue weighted by molar-refractivity contribution is 6.01. The molecule has 17 heavy (non-hydrogen) atoms. The number of amides is 2. The van der Waals surface area contributed by atoms with Crippen molar-refractivity contribution in [1.82, 2.24) is 5.06 Å². The first-order valence-electron chi connectivity index (χ1n) is 5.80. The SMILES string of the molecule is C[C@@H]1CC[C@@H](OC(=O)ON2C(=O)CCC2=O)C1. The Balaban J connectivity index is 1.81. The van der Waals surface area contributed by atoms with E-state index in [2.05, 4.69) is 11.8 Å². The van der Waals surface area contributed by atoms with Gasteiger partial charge in [0.2, 0.25) is 0 Å². The van der Waals surface area contributed by atoms with Gasteiger partial charge in [-0.1, -0.05) is 12.0 Å². The Morgan fingerprint density at radius 1 is 1.24 bits per heavy atom. The van der Waals surface area contributed by atoms with Crippen LogP contribution in [0.3, 0.4) is 0 Å².